The van der Waals surface area contributed by atoms with Crippen molar-refractivity contribution in [3.8, 4) is 17.2 Å². The molecule has 1 heterocycles. The fourth-order valence-electron chi connectivity index (χ4n) is 3.77. The third kappa shape index (κ3) is 4.54. The molecular formula is C25H27NO3. The molecule has 29 heavy (non-hydrogen) atoms. The summed E-state index contributed by atoms with van der Waals surface area (Å²) >= 11 is 0. The number of ether oxygens (including phenoxy) is 3. The van der Waals surface area contributed by atoms with E-state index in [1.165, 1.54) is 22.3 Å². The van der Waals surface area contributed by atoms with Gasteiger partial charge in [0.1, 0.15) is 5.75 Å². The topological polar surface area (TPSA) is 39.7 Å². The molecule has 1 aliphatic rings. The molecule has 4 rings (SSSR count). The lowest BCUT2D eigenvalue weighted by molar-refractivity contribution is 0.174. The van der Waals surface area contributed by atoms with Crippen LogP contribution >= 0.6 is 0 Å². The lowest BCUT2D eigenvalue weighted by Gasteiger charge is -2.21. The van der Waals surface area contributed by atoms with Crippen molar-refractivity contribution in [3.63, 3.8) is 0 Å². The number of methoxy groups -OCH3 is 1. The number of nitrogens with one attached hydrogen (secondary N) is 1. The SMILES string of the molecule is COc1ccccc1C(CCNCc1ccc(C)cc1)c1ccc2c(c1)OCO2. The molecule has 4 heteroatoms. The highest BCUT2D eigenvalue weighted by Crippen LogP contribution is 2.39. The van der Waals surface area contributed by atoms with E-state index in [2.05, 4.69) is 60.8 Å². The van der Waals surface area contributed by atoms with Crippen LogP contribution in [0.4, 0.5) is 0 Å². The predicted molar refractivity (Wildman–Crippen MR) is 115 cm³/mol. The molecule has 1 atom stereocenters. The van der Waals surface area contributed by atoms with Gasteiger partial charge in [0.15, 0.2) is 11.5 Å². The third-order valence-electron chi connectivity index (χ3n) is 5.37. The molecule has 4 nitrogen and oxygen atoms in total. The first-order chi connectivity index (χ1) is 14.2. The van der Waals surface area contributed by atoms with Crippen molar-refractivity contribution < 1.29 is 14.2 Å². The average molecular weight is 389 g/mol. The molecule has 0 saturated heterocycles. The van der Waals surface area contributed by atoms with Crippen LogP contribution in [0.2, 0.25) is 0 Å². The van der Waals surface area contributed by atoms with Crippen molar-refractivity contribution in [3.05, 3.63) is 89.0 Å². The van der Waals surface area contributed by atoms with Crippen LogP contribution in [0.5, 0.6) is 17.2 Å². The molecule has 3 aromatic rings. The van der Waals surface area contributed by atoms with Crippen molar-refractivity contribution in [2.45, 2.75) is 25.8 Å². The quantitative estimate of drug-likeness (QED) is 0.548. The molecular weight excluding hydrogens is 362 g/mol. The molecule has 150 valence electrons. The van der Waals surface area contributed by atoms with Crippen molar-refractivity contribution >= 4 is 0 Å². The summed E-state index contributed by atoms with van der Waals surface area (Å²) in [7, 11) is 1.73. The Morgan fingerprint density at radius 1 is 0.966 bits per heavy atom. The normalized spacial score (nSPS) is 13.3. The molecule has 0 spiro atoms. The van der Waals surface area contributed by atoms with Crippen LogP contribution < -0.4 is 19.5 Å². The van der Waals surface area contributed by atoms with Gasteiger partial charge in [0.2, 0.25) is 6.79 Å². The second kappa shape index (κ2) is 9.01. The van der Waals surface area contributed by atoms with Crippen molar-refractivity contribution in [1.82, 2.24) is 5.32 Å². The highest BCUT2D eigenvalue weighted by Gasteiger charge is 2.21. The van der Waals surface area contributed by atoms with Crippen molar-refractivity contribution in [2.75, 3.05) is 20.4 Å². The maximum atomic E-state index is 5.65. The van der Waals surface area contributed by atoms with Gasteiger partial charge in [0.05, 0.1) is 7.11 Å². The number of para-hydroxylation sites is 1. The van der Waals surface area contributed by atoms with Crippen LogP contribution in [0, 0.1) is 6.92 Å². The van der Waals surface area contributed by atoms with Gasteiger partial charge in [-0.2, -0.15) is 0 Å². The van der Waals surface area contributed by atoms with Gasteiger partial charge in [-0.3, -0.25) is 0 Å². The van der Waals surface area contributed by atoms with E-state index in [0.717, 1.165) is 36.8 Å². The second-order valence-electron chi connectivity index (χ2n) is 7.36. The van der Waals surface area contributed by atoms with E-state index in [-0.39, 0.29) is 12.7 Å². The second-order valence-corrected chi connectivity index (χ2v) is 7.36. The number of hydrogen-bond donors (Lipinski definition) is 1. The third-order valence-corrected chi connectivity index (χ3v) is 5.37. The summed E-state index contributed by atoms with van der Waals surface area (Å²) in [6.45, 7) is 4.15. The first-order valence-corrected chi connectivity index (χ1v) is 10.0. The summed E-state index contributed by atoms with van der Waals surface area (Å²) < 4.78 is 16.7. The highest BCUT2D eigenvalue weighted by atomic mass is 16.7. The molecule has 1 N–H and O–H groups in total. The fourth-order valence-corrected chi connectivity index (χ4v) is 3.77. The molecule has 0 radical (unpaired) electrons. The summed E-state index contributed by atoms with van der Waals surface area (Å²) in [4.78, 5) is 0. The van der Waals surface area contributed by atoms with Gasteiger partial charge in [-0.1, -0.05) is 54.1 Å². The summed E-state index contributed by atoms with van der Waals surface area (Å²) in [5.74, 6) is 2.74. The summed E-state index contributed by atoms with van der Waals surface area (Å²) in [6.07, 6.45) is 0.950. The minimum atomic E-state index is 0.200. The smallest absolute Gasteiger partial charge is 0.231 e. The van der Waals surface area contributed by atoms with Gasteiger partial charge < -0.3 is 19.5 Å². The Morgan fingerprint density at radius 3 is 2.59 bits per heavy atom. The summed E-state index contributed by atoms with van der Waals surface area (Å²) in [6, 6.07) is 23.1. The average Bonchev–Trinajstić information content (AvgIpc) is 3.23. The maximum Gasteiger partial charge on any atom is 0.231 e. The van der Waals surface area contributed by atoms with E-state index >= 15 is 0 Å². The van der Waals surface area contributed by atoms with E-state index in [0.29, 0.717) is 0 Å². The van der Waals surface area contributed by atoms with Gasteiger partial charge in [-0.15, -0.1) is 0 Å². The first-order valence-electron chi connectivity index (χ1n) is 10.0. The van der Waals surface area contributed by atoms with E-state index < -0.39 is 0 Å². The minimum Gasteiger partial charge on any atom is -0.496 e. The van der Waals surface area contributed by atoms with Crippen LogP contribution in [0.1, 0.15) is 34.6 Å². The molecule has 3 aromatic carbocycles. The van der Waals surface area contributed by atoms with Gasteiger partial charge in [0, 0.05) is 18.0 Å². The lowest BCUT2D eigenvalue weighted by Crippen LogP contribution is -2.18. The molecule has 1 aliphatic heterocycles. The Kier molecular flexibility index (Phi) is 6.01. The van der Waals surface area contributed by atoms with Gasteiger partial charge in [-0.05, 0) is 49.2 Å². The minimum absolute atomic E-state index is 0.200. The maximum absolute atomic E-state index is 5.65. The van der Waals surface area contributed by atoms with Crippen LogP contribution in [0.3, 0.4) is 0 Å². The number of aryl methyl sites for hydroxylation is 1. The van der Waals surface area contributed by atoms with Gasteiger partial charge in [-0.25, -0.2) is 0 Å². The first kappa shape index (κ1) is 19.3. The zero-order valence-corrected chi connectivity index (χ0v) is 17.0. The molecule has 0 amide bonds. The monoisotopic (exact) mass is 389 g/mol. The van der Waals surface area contributed by atoms with Crippen LogP contribution in [-0.4, -0.2) is 20.4 Å². The van der Waals surface area contributed by atoms with Crippen molar-refractivity contribution in [2.24, 2.45) is 0 Å². The predicted octanol–water partition coefficient (Wildman–Crippen LogP) is 5.04. The zero-order valence-electron chi connectivity index (χ0n) is 17.0. The summed E-state index contributed by atoms with van der Waals surface area (Å²) in [5.41, 5.74) is 4.97. The molecule has 0 saturated carbocycles. The molecule has 1 unspecified atom stereocenters. The Bertz CT molecular complexity index is 953. The van der Waals surface area contributed by atoms with Gasteiger partial charge in [0.25, 0.3) is 0 Å². The lowest BCUT2D eigenvalue weighted by atomic mass is 9.87. The van der Waals surface area contributed by atoms with Crippen LogP contribution in [0.15, 0.2) is 66.7 Å². The van der Waals surface area contributed by atoms with Crippen LogP contribution in [0.25, 0.3) is 0 Å². The van der Waals surface area contributed by atoms with E-state index in [1.807, 2.05) is 18.2 Å². The highest BCUT2D eigenvalue weighted by molar-refractivity contribution is 5.49. The Morgan fingerprint density at radius 2 is 1.76 bits per heavy atom. The zero-order chi connectivity index (χ0) is 20.1. The number of fused-ring (bicyclic) bond motifs is 1. The van der Waals surface area contributed by atoms with Gasteiger partial charge >= 0.3 is 0 Å². The Labute approximate surface area is 172 Å². The molecule has 0 aliphatic carbocycles. The summed E-state index contributed by atoms with van der Waals surface area (Å²) in [5, 5.41) is 3.58. The van der Waals surface area contributed by atoms with E-state index in [4.69, 9.17) is 14.2 Å². The van der Waals surface area contributed by atoms with Crippen molar-refractivity contribution in [1.29, 1.82) is 0 Å². The molecule has 0 aromatic heterocycles. The fraction of sp³-hybridized carbons (Fsp3) is 0.280. The molecule has 0 fully saturated rings. The standard InChI is InChI=1S/C25H27NO3/c1-18-7-9-19(10-8-18)16-26-14-13-21(22-5-3-4-6-23(22)27-2)20-11-12-24-25(15-20)29-17-28-24/h3-12,15,21,26H,13-14,16-17H2,1-2H3. The number of hydrogen-bond acceptors (Lipinski definition) is 4. The van der Waals surface area contributed by atoms with E-state index in [1.54, 1.807) is 7.11 Å². The van der Waals surface area contributed by atoms with E-state index in [9.17, 15) is 0 Å². The number of benzene rings is 3. The van der Waals surface area contributed by atoms with Crippen LogP contribution in [-0.2, 0) is 6.54 Å². The Balaban J connectivity index is 1.51. The Hall–Kier alpha value is -2.98. The largest absolute Gasteiger partial charge is 0.496 e. The number of rotatable bonds is 8. The molecule has 0 bridgehead atoms.